The van der Waals surface area contributed by atoms with Crippen molar-refractivity contribution in [1.82, 2.24) is 10.2 Å². The van der Waals surface area contributed by atoms with Crippen molar-refractivity contribution < 1.29 is 10.0 Å². The molecule has 15 heavy (non-hydrogen) atoms. The van der Waals surface area contributed by atoms with E-state index in [0.29, 0.717) is 6.54 Å². The van der Waals surface area contributed by atoms with E-state index >= 15 is 0 Å². The number of amides is 1. The number of nitrogens with zero attached hydrogens (tertiary/aromatic N) is 2. The van der Waals surface area contributed by atoms with Gasteiger partial charge in [0.15, 0.2) is 0 Å². The van der Waals surface area contributed by atoms with E-state index in [0.717, 1.165) is 19.2 Å². The largest absolute Gasteiger partial charge is 0.411 e. The Morgan fingerprint density at radius 3 is 2.80 bits per heavy atom. The van der Waals surface area contributed by atoms with E-state index in [1.807, 2.05) is 0 Å². The van der Waals surface area contributed by atoms with Crippen molar-refractivity contribution in [2.75, 3.05) is 26.2 Å². The molecular formula is C10H19N3O2. The first kappa shape index (κ1) is 12.0. The molecule has 0 aromatic heterocycles. The van der Waals surface area contributed by atoms with Crippen LogP contribution in [0.15, 0.2) is 5.16 Å². The van der Waals surface area contributed by atoms with Gasteiger partial charge >= 0.3 is 0 Å². The molecule has 0 bridgehead atoms. The molecule has 0 aliphatic carbocycles. The number of carbonyl (C=O) groups is 1. The Bertz CT molecular complexity index is 213. The van der Waals surface area contributed by atoms with Crippen molar-refractivity contribution in [3.05, 3.63) is 0 Å². The maximum absolute atomic E-state index is 10.9. The Morgan fingerprint density at radius 2 is 2.13 bits per heavy atom. The number of hydrogen-bond donors (Lipinski definition) is 2. The fraction of sp³-hybridized carbons (Fsp3) is 0.800. The Balaban J connectivity index is 1.98. The van der Waals surface area contributed by atoms with Gasteiger partial charge in [-0.05, 0) is 38.9 Å². The summed E-state index contributed by atoms with van der Waals surface area (Å²) in [5, 5.41) is 13.4. The number of oxime groups is 1. The van der Waals surface area contributed by atoms with Gasteiger partial charge in [0.05, 0.1) is 0 Å². The molecular weight excluding hydrogens is 194 g/mol. The molecule has 0 spiro atoms. The zero-order valence-corrected chi connectivity index (χ0v) is 8.98. The standard InChI is InChI=1S/C10H19N3O2/c14-10(9-12-15)11-5-4-8-13-6-2-1-3-7-13/h9,15H,1-8H2,(H,11,14)/b12-9+. The molecule has 1 amide bonds. The molecule has 2 N–H and O–H groups in total. The minimum atomic E-state index is -0.337. The summed E-state index contributed by atoms with van der Waals surface area (Å²) in [4.78, 5) is 13.3. The van der Waals surface area contributed by atoms with Crippen LogP contribution in [0.1, 0.15) is 25.7 Å². The van der Waals surface area contributed by atoms with E-state index in [1.54, 1.807) is 0 Å². The Hall–Kier alpha value is -1.10. The summed E-state index contributed by atoms with van der Waals surface area (Å²) in [6.07, 6.45) is 5.76. The Morgan fingerprint density at radius 1 is 1.40 bits per heavy atom. The average Bonchev–Trinajstić information content (AvgIpc) is 2.26. The monoisotopic (exact) mass is 213 g/mol. The summed E-state index contributed by atoms with van der Waals surface area (Å²) in [5.74, 6) is -0.337. The van der Waals surface area contributed by atoms with E-state index in [-0.39, 0.29) is 5.91 Å². The minimum Gasteiger partial charge on any atom is -0.411 e. The fourth-order valence-corrected chi connectivity index (χ4v) is 1.80. The van der Waals surface area contributed by atoms with E-state index in [2.05, 4.69) is 15.4 Å². The van der Waals surface area contributed by atoms with Crippen LogP contribution in [0.4, 0.5) is 0 Å². The average molecular weight is 213 g/mol. The van der Waals surface area contributed by atoms with E-state index in [9.17, 15) is 4.79 Å². The van der Waals surface area contributed by atoms with Gasteiger partial charge in [-0.2, -0.15) is 0 Å². The number of piperidine rings is 1. The molecule has 0 radical (unpaired) electrons. The van der Waals surface area contributed by atoms with Gasteiger partial charge in [0, 0.05) is 6.54 Å². The van der Waals surface area contributed by atoms with Gasteiger partial charge in [0.1, 0.15) is 6.21 Å². The summed E-state index contributed by atoms with van der Waals surface area (Å²) >= 11 is 0. The van der Waals surface area contributed by atoms with Crippen LogP contribution in [0.25, 0.3) is 0 Å². The van der Waals surface area contributed by atoms with Crippen molar-refractivity contribution in [3.8, 4) is 0 Å². The molecule has 1 rings (SSSR count). The molecule has 0 aromatic rings. The maximum atomic E-state index is 10.9. The molecule has 0 saturated carbocycles. The lowest BCUT2D eigenvalue weighted by Crippen LogP contribution is -2.33. The minimum absolute atomic E-state index is 0.337. The first-order chi connectivity index (χ1) is 7.33. The summed E-state index contributed by atoms with van der Waals surface area (Å²) < 4.78 is 0. The predicted octanol–water partition coefficient (Wildman–Crippen LogP) is 0.439. The molecule has 1 aliphatic heterocycles. The molecule has 5 nitrogen and oxygen atoms in total. The molecule has 86 valence electrons. The zero-order chi connectivity index (χ0) is 10.9. The van der Waals surface area contributed by atoms with Crippen LogP contribution < -0.4 is 5.32 Å². The Labute approximate surface area is 90.1 Å². The first-order valence-corrected chi connectivity index (χ1v) is 5.50. The third kappa shape index (κ3) is 5.37. The highest BCUT2D eigenvalue weighted by Gasteiger charge is 2.08. The molecule has 0 aromatic carbocycles. The summed E-state index contributed by atoms with van der Waals surface area (Å²) in [5.41, 5.74) is 0. The van der Waals surface area contributed by atoms with Gasteiger partial charge in [-0.1, -0.05) is 11.6 Å². The van der Waals surface area contributed by atoms with Crippen molar-refractivity contribution in [2.24, 2.45) is 5.16 Å². The van der Waals surface area contributed by atoms with Crippen LogP contribution in [-0.2, 0) is 4.79 Å². The molecule has 1 fully saturated rings. The van der Waals surface area contributed by atoms with E-state index in [4.69, 9.17) is 5.21 Å². The van der Waals surface area contributed by atoms with Gasteiger partial charge < -0.3 is 15.4 Å². The molecule has 0 unspecified atom stereocenters. The number of hydrogen-bond acceptors (Lipinski definition) is 4. The maximum Gasteiger partial charge on any atom is 0.265 e. The molecule has 1 aliphatic rings. The zero-order valence-electron chi connectivity index (χ0n) is 8.98. The number of carbonyl (C=O) groups excluding carboxylic acids is 1. The fourth-order valence-electron chi connectivity index (χ4n) is 1.80. The highest BCUT2D eigenvalue weighted by molar-refractivity contribution is 6.25. The van der Waals surface area contributed by atoms with Gasteiger partial charge in [-0.25, -0.2) is 0 Å². The number of likely N-dealkylation sites (tertiary alicyclic amines) is 1. The second kappa shape index (κ2) is 7.23. The van der Waals surface area contributed by atoms with Crippen molar-refractivity contribution >= 4 is 12.1 Å². The van der Waals surface area contributed by atoms with Crippen LogP contribution in [0.3, 0.4) is 0 Å². The topological polar surface area (TPSA) is 64.9 Å². The van der Waals surface area contributed by atoms with Crippen LogP contribution in [0.2, 0.25) is 0 Å². The van der Waals surface area contributed by atoms with Gasteiger partial charge in [0.2, 0.25) is 0 Å². The SMILES string of the molecule is O=C(/C=N/O)NCCCN1CCCCC1. The lowest BCUT2D eigenvalue weighted by molar-refractivity contribution is -0.114. The van der Waals surface area contributed by atoms with Crippen molar-refractivity contribution in [3.63, 3.8) is 0 Å². The van der Waals surface area contributed by atoms with Crippen LogP contribution >= 0.6 is 0 Å². The third-order valence-electron chi connectivity index (χ3n) is 2.57. The molecule has 1 saturated heterocycles. The van der Waals surface area contributed by atoms with Gasteiger partial charge in [-0.3, -0.25) is 4.79 Å². The summed E-state index contributed by atoms with van der Waals surface area (Å²) in [6, 6.07) is 0. The smallest absolute Gasteiger partial charge is 0.265 e. The highest BCUT2D eigenvalue weighted by atomic mass is 16.4. The number of rotatable bonds is 5. The number of nitrogens with one attached hydrogen (secondary N) is 1. The summed E-state index contributed by atoms with van der Waals surface area (Å²) in [6.45, 7) is 4.05. The van der Waals surface area contributed by atoms with Gasteiger partial charge in [0.25, 0.3) is 5.91 Å². The predicted molar refractivity (Wildman–Crippen MR) is 58.2 cm³/mol. The molecule has 1 heterocycles. The third-order valence-corrected chi connectivity index (χ3v) is 2.57. The first-order valence-electron chi connectivity index (χ1n) is 5.50. The summed E-state index contributed by atoms with van der Waals surface area (Å²) in [7, 11) is 0. The lowest BCUT2D eigenvalue weighted by atomic mass is 10.1. The van der Waals surface area contributed by atoms with Crippen molar-refractivity contribution in [2.45, 2.75) is 25.7 Å². The van der Waals surface area contributed by atoms with E-state index in [1.165, 1.54) is 32.4 Å². The van der Waals surface area contributed by atoms with Crippen LogP contribution in [0, 0.1) is 0 Å². The molecule has 5 heteroatoms. The normalized spacial score (nSPS) is 18.1. The van der Waals surface area contributed by atoms with E-state index < -0.39 is 0 Å². The second-order valence-corrected chi connectivity index (χ2v) is 3.79. The highest BCUT2D eigenvalue weighted by Crippen LogP contribution is 2.08. The molecule has 0 atom stereocenters. The van der Waals surface area contributed by atoms with Crippen LogP contribution in [-0.4, -0.2) is 48.4 Å². The Kier molecular flexibility index (Phi) is 5.77. The van der Waals surface area contributed by atoms with Crippen LogP contribution in [0.5, 0.6) is 0 Å². The lowest BCUT2D eigenvalue weighted by Gasteiger charge is -2.26. The quantitative estimate of drug-likeness (QED) is 0.301. The second-order valence-electron chi connectivity index (χ2n) is 3.79. The van der Waals surface area contributed by atoms with Crippen molar-refractivity contribution in [1.29, 1.82) is 0 Å². The van der Waals surface area contributed by atoms with Gasteiger partial charge in [-0.15, -0.1) is 0 Å².